The van der Waals surface area contributed by atoms with E-state index in [1.165, 1.54) is 0 Å². The highest BCUT2D eigenvalue weighted by molar-refractivity contribution is 7.02. The van der Waals surface area contributed by atoms with E-state index in [0.717, 1.165) is 11.5 Å². The normalized spacial score (nSPS) is 13.1. The molecule has 1 aromatic heterocycles. The van der Waals surface area contributed by atoms with Crippen LogP contribution < -0.4 is 14.4 Å². The third-order valence-corrected chi connectivity index (χ3v) is 2.49. The van der Waals surface area contributed by atoms with Crippen LogP contribution in [0.15, 0.2) is 27.4 Å². The van der Waals surface area contributed by atoms with Crippen LogP contribution in [0.5, 0.6) is 11.5 Å². The van der Waals surface area contributed by atoms with Gasteiger partial charge in [0.05, 0.1) is 11.5 Å². The third kappa shape index (κ3) is 1.39. The molecule has 0 radical (unpaired) electrons. The van der Waals surface area contributed by atoms with Gasteiger partial charge in [-0.2, -0.15) is 0 Å². The van der Waals surface area contributed by atoms with E-state index >= 15 is 0 Å². The number of hydrogen-bond donors (Lipinski definition) is 0. The van der Waals surface area contributed by atoms with Crippen LogP contribution in [0.2, 0.25) is 0 Å². The maximum atomic E-state index is 10.8. The molecule has 1 aliphatic rings. The number of benzene rings is 1. The van der Waals surface area contributed by atoms with Gasteiger partial charge in [-0.3, -0.25) is 0 Å². The Morgan fingerprint density at radius 1 is 1.27 bits per heavy atom. The highest BCUT2D eigenvalue weighted by Crippen LogP contribution is 2.35. The minimum absolute atomic E-state index is 0.222. The molecule has 3 rings (SSSR count). The lowest BCUT2D eigenvalue weighted by Gasteiger charge is -1.97. The molecule has 0 aliphatic carbocycles. The summed E-state index contributed by atoms with van der Waals surface area (Å²) in [6.45, 7) is 0.222. The zero-order valence-electron chi connectivity index (χ0n) is 7.43. The lowest BCUT2D eigenvalue weighted by atomic mass is 10.2. The van der Waals surface area contributed by atoms with Crippen molar-refractivity contribution in [2.75, 3.05) is 6.79 Å². The Hall–Kier alpha value is -1.82. The van der Waals surface area contributed by atoms with Crippen LogP contribution in [0.1, 0.15) is 0 Å². The molecule has 0 bridgehead atoms. The summed E-state index contributed by atoms with van der Waals surface area (Å²) in [6, 6.07) is 5.27. The van der Waals surface area contributed by atoms with Gasteiger partial charge in [0.25, 0.3) is 0 Å². The van der Waals surface area contributed by atoms with E-state index in [1.807, 2.05) is 0 Å². The first-order valence-electron chi connectivity index (χ1n) is 4.20. The minimum atomic E-state index is -0.414. The lowest BCUT2D eigenvalue weighted by Crippen LogP contribution is -1.92. The monoisotopic (exact) mass is 223 g/mol. The SMILES string of the molecule is O=c1oc(-c2ccc3c(c2)OCO3)ns1. The summed E-state index contributed by atoms with van der Waals surface area (Å²) in [7, 11) is 0. The fourth-order valence-electron chi connectivity index (χ4n) is 1.34. The first-order valence-corrected chi connectivity index (χ1v) is 4.97. The standard InChI is InChI=1S/C9H5NO4S/c11-9-14-8(10-15-9)5-1-2-6-7(3-5)13-4-12-6/h1-3H,4H2. The van der Waals surface area contributed by atoms with Gasteiger partial charge in [0, 0.05) is 5.56 Å². The maximum absolute atomic E-state index is 10.8. The molecule has 2 heterocycles. The van der Waals surface area contributed by atoms with Gasteiger partial charge in [0.15, 0.2) is 11.5 Å². The number of nitrogens with zero attached hydrogens (tertiary/aromatic N) is 1. The van der Waals surface area contributed by atoms with Crippen LogP contribution in [0.25, 0.3) is 11.5 Å². The van der Waals surface area contributed by atoms with Crippen LogP contribution in [0.4, 0.5) is 0 Å². The number of aromatic nitrogens is 1. The van der Waals surface area contributed by atoms with E-state index in [0.29, 0.717) is 23.0 Å². The summed E-state index contributed by atoms with van der Waals surface area (Å²) < 4.78 is 19.1. The van der Waals surface area contributed by atoms with Gasteiger partial charge in [-0.15, -0.1) is 4.37 Å². The average Bonchev–Trinajstić information content (AvgIpc) is 2.84. The Morgan fingerprint density at radius 2 is 2.13 bits per heavy atom. The van der Waals surface area contributed by atoms with Crippen molar-refractivity contribution >= 4 is 11.5 Å². The second-order valence-electron chi connectivity index (χ2n) is 2.91. The molecule has 0 saturated heterocycles. The van der Waals surface area contributed by atoms with Crippen LogP contribution in [-0.4, -0.2) is 11.2 Å². The molecule has 1 aromatic carbocycles. The van der Waals surface area contributed by atoms with Crippen LogP contribution in [0.3, 0.4) is 0 Å². The number of ether oxygens (including phenoxy) is 2. The highest BCUT2D eigenvalue weighted by atomic mass is 32.1. The predicted molar refractivity (Wildman–Crippen MR) is 52.2 cm³/mol. The second-order valence-corrected chi connectivity index (χ2v) is 3.61. The summed E-state index contributed by atoms with van der Waals surface area (Å²) in [5.74, 6) is 1.64. The van der Waals surface area contributed by atoms with Crippen LogP contribution in [0, 0.1) is 0 Å². The summed E-state index contributed by atoms with van der Waals surface area (Å²) in [6.07, 6.45) is 0. The van der Waals surface area contributed by atoms with Gasteiger partial charge in [-0.05, 0) is 18.2 Å². The number of rotatable bonds is 1. The van der Waals surface area contributed by atoms with Crippen molar-refractivity contribution in [3.05, 3.63) is 27.9 Å². The quantitative estimate of drug-likeness (QED) is 0.733. The van der Waals surface area contributed by atoms with Gasteiger partial charge in [-0.1, -0.05) is 0 Å². The molecule has 0 N–H and O–H groups in total. The smallest absolute Gasteiger partial charge is 0.414 e. The predicted octanol–water partition coefficient (Wildman–Crippen LogP) is 1.49. The summed E-state index contributed by atoms with van der Waals surface area (Å²) in [5, 5.41) is 0. The van der Waals surface area contributed by atoms with E-state index in [4.69, 9.17) is 13.9 Å². The Balaban J connectivity index is 2.10. The van der Waals surface area contributed by atoms with E-state index in [9.17, 15) is 4.79 Å². The van der Waals surface area contributed by atoms with Crippen LogP contribution >= 0.6 is 11.5 Å². The molecule has 1 aliphatic heterocycles. The van der Waals surface area contributed by atoms with Crippen molar-refractivity contribution in [1.82, 2.24) is 4.37 Å². The van der Waals surface area contributed by atoms with Crippen molar-refractivity contribution in [2.24, 2.45) is 0 Å². The fourth-order valence-corrected chi connectivity index (χ4v) is 1.75. The zero-order valence-corrected chi connectivity index (χ0v) is 8.24. The second kappa shape index (κ2) is 3.09. The molecule has 0 fully saturated rings. The molecular formula is C9H5NO4S. The van der Waals surface area contributed by atoms with Crippen molar-refractivity contribution in [3.8, 4) is 23.0 Å². The fraction of sp³-hybridized carbons (Fsp3) is 0.111. The van der Waals surface area contributed by atoms with E-state index < -0.39 is 4.94 Å². The Morgan fingerprint density at radius 3 is 2.93 bits per heavy atom. The molecule has 0 spiro atoms. The molecule has 0 atom stereocenters. The maximum Gasteiger partial charge on any atom is 0.414 e. The summed E-state index contributed by atoms with van der Waals surface area (Å²) in [4.78, 5) is 10.4. The summed E-state index contributed by atoms with van der Waals surface area (Å²) in [5.41, 5.74) is 0.706. The van der Waals surface area contributed by atoms with E-state index in [2.05, 4.69) is 4.37 Å². The molecule has 0 amide bonds. The molecule has 5 nitrogen and oxygen atoms in total. The Labute approximate surface area is 88.0 Å². The van der Waals surface area contributed by atoms with Crippen molar-refractivity contribution in [1.29, 1.82) is 0 Å². The summed E-state index contributed by atoms with van der Waals surface area (Å²) >= 11 is 0.788. The van der Waals surface area contributed by atoms with Gasteiger partial charge >= 0.3 is 4.94 Å². The van der Waals surface area contributed by atoms with Gasteiger partial charge < -0.3 is 13.9 Å². The molecule has 0 unspecified atom stereocenters. The topological polar surface area (TPSA) is 61.6 Å². The van der Waals surface area contributed by atoms with Crippen LogP contribution in [-0.2, 0) is 0 Å². The average molecular weight is 223 g/mol. The molecule has 76 valence electrons. The van der Waals surface area contributed by atoms with E-state index in [1.54, 1.807) is 18.2 Å². The van der Waals surface area contributed by atoms with Crippen molar-refractivity contribution < 1.29 is 13.9 Å². The first-order chi connectivity index (χ1) is 7.33. The molecule has 6 heteroatoms. The molecule has 15 heavy (non-hydrogen) atoms. The minimum Gasteiger partial charge on any atom is -0.454 e. The molecule has 2 aromatic rings. The van der Waals surface area contributed by atoms with Gasteiger partial charge in [0.1, 0.15) is 0 Å². The van der Waals surface area contributed by atoms with Crippen molar-refractivity contribution in [3.63, 3.8) is 0 Å². The van der Waals surface area contributed by atoms with Gasteiger partial charge in [0.2, 0.25) is 12.7 Å². The molecular weight excluding hydrogens is 218 g/mol. The number of hydrogen-bond acceptors (Lipinski definition) is 6. The largest absolute Gasteiger partial charge is 0.454 e. The van der Waals surface area contributed by atoms with Crippen molar-refractivity contribution in [2.45, 2.75) is 0 Å². The number of fused-ring (bicyclic) bond motifs is 1. The lowest BCUT2D eigenvalue weighted by molar-refractivity contribution is 0.174. The zero-order chi connectivity index (χ0) is 10.3. The third-order valence-electron chi connectivity index (χ3n) is 2.00. The Bertz CT molecular complexity index is 559. The van der Waals surface area contributed by atoms with E-state index in [-0.39, 0.29) is 6.79 Å². The Kier molecular flexibility index (Phi) is 1.75. The first kappa shape index (κ1) is 8.49. The molecule has 0 saturated carbocycles. The van der Waals surface area contributed by atoms with Gasteiger partial charge in [-0.25, -0.2) is 4.79 Å². The highest BCUT2D eigenvalue weighted by Gasteiger charge is 2.15.